The van der Waals surface area contributed by atoms with E-state index < -0.39 is 0 Å². The topological polar surface area (TPSA) is 72.5 Å². The lowest BCUT2D eigenvalue weighted by molar-refractivity contribution is 0.0118. The number of ether oxygens (including phenoxy) is 1. The van der Waals surface area contributed by atoms with Gasteiger partial charge in [-0.1, -0.05) is 29.8 Å². The molecule has 0 spiro atoms. The predicted octanol–water partition coefficient (Wildman–Crippen LogP) is 2.79. The smallest absolute Gasteiger partial charge is 0.271 e. The second-order valence-corrected chi connectivity index (χ2v) is 7.29. The van der Waals surface area contributed by atoms with Crippen LogP contribution in [0, 0.1) is 6.92 Å². The molecule has 3 heterocycles. The van der Waals surface area contributed by atoms with E-state index in [9.17, 15) is 4.79 Å². The summed E-state index contributed by atoms with van der Waals surface area (Å²) >= 11 is 0. The van der Waals surface area contributed by atoms with Gasteiger partial charge in [-0.05, 0) is 30.7 Å². The number of hydrogen-bond donors (Lipinski definition) is 1. The molecule has 1 atom stereocenters. The number of amides is 1. The molecule has 0 aliphatic carbocycles. The molecule has 4 rings (SSSR count). The molecule has 1 unspecified atom stereocenters. The number of nitrogens with zero attached hydrogens (tertiary/aromatic N) is 3. The summed E-state index contributed by atoms with van der Waals surface area (Å²) in [6.07, 6.45) is 1.66. The first-order valence-electron chi connectivity index (χ1n) is 9.86. The number of hydrogen-bond acceptors (Lipinski definition) is 5. The Hall–Kier alpha value is -2.90. The lowest BCUT2D eigenvalue weighted by Gasteiger charge is -2.33. The number of rotatable bonds is 6. The molecule has 1 fully saturated rings. The van der Waals surface area contributed by atoms with E-state index in [0.717, 1.165) is 30.1 Å². The fraction of sp³-hybridized carbons (Fsp3) is 0.364. The maximum atomic E-state index is 12.8. The lowest BCUT2D eigenvalue weighted by atomic mass is 10.1. The van der Waals surface area contributed by atoms with Crippen LogP contribution in [-0.2, 0) is 11.8 Å². The van der Waals surface area contributed by atoms with Crippen molar-refractivity contribution in [3.05, 3.63) is 65.7 Å². The number of nitrogens with one attached hydrogen (secondary N) is 1. The van der Waals surface area contributed by atoms with Crippen molar-refractivity contribution in [2.45, 2.75) is 13.0 Å². The van der Waals surface area contributed by atoms with Crippen molar-refractivity contribution < 1.29 is 13.9 Å². The first-order chi connectivity index (χ1) is 14.1. The van der Waals surface area contributed by atoms with Crippen molar-refractivity contribution >= 4 is 5.91 Å². The number of furan rings is 1. The summed E-state index contributed by atoms with van der Waals surface area (Å²) in [5, 5.41) is 7.44. The van der Waals surface area contributed by atoms with Gasteiger partial charge in [-0.25, -0.2) is 0 Å². The van der Waals surface area contributed by atoms with Crippen LogP contribution in [0.2, 0.25) is 0 Å². The summed E-state index contributed by atoms with van der Waals surface area (Å²) in [7, 11) is 1.85. The Kier molecular flexibility index (Phi) is 5.78. The molecule has 0 bridgehead atoms. The van der Waals surface area contributed by atoms with Gasteiger partial charge in [0.05, 0.1) is 31.2 Å². The molecule has 1 amide bonds. The summed E-state index contributed by atoms with van der Waals surface area (Å²) in [5.41, 5.74) is 3.54. The summed E-state index contributed by atoms with van der Waals surface area (Å²) in [6.45, 7) is 5.49. The van der Waals surface area contributed by atoms with Gasteiger partial charge in [0.25, 0.3) is 5.91 Å². The van der Waals surface area contributed by atoms with Gasteiger partial charge in [0.15, 0.2) is 5.69 Å². The van der Waals surface area contributed by atoms with E-state index in [1.165, 1.54) is 5.56 Å². The van der Waals surface area contributed by atoms with Gasteiger partial charge in [-0.15, -0.1) is 0 Å². The van der Waals surface area contributed by atoms with E-state index in [0.29, 0.717) is 25.5 Å². The van der Waals surface area contributed by atoms with Crippen LogP contribution in [0.5, 0.6) is 0 Å². The van der Waals surface area contributed by atoms with Gasteiger partial charge < -0.3 is 14.5 Å². The number of benzene rings is 1. The van der Waals surface area contributed by atoms with Crippen molar-refractivity contribution in [2.24, 2.45) is 7.05 Å². The molecule has 2 aromatic heterocycles. The number of carbonyl (C=O) groups is 1. The number of aromatic nitrogens is 2. The van der Waals surface area contributed by atoms with Crippen molar-refractivity contribution in [1.82, 2.24) is 20.0 Å². The quantitative estimate of drug-likeness (QED) is 0.696. The standard InChI is InChI=1S/C22H26N4O3/c1-16-5-7-17(8-6-16)19-14-18(24-25(19)2)22(27)23-15-20(21-4-3-11-29-21)26-9-12-28-13-10-26/h3-8,11,14,20H,9-10,12-13,15H2,1-2H3,(H,23,27). The average Bonchev–Trinajstić information content (AvgIpc) is 3.40. The highest BCUT2D eigenvalue weighted by Gasteiger charge is 2.26. The fourth-order valence-electron chi connectivity index (χ4n) is 3.63. The van der Waals surface area contributed by atoms with Crippen molar-refractivity contribution in [3.8, 4) is 11.3 Å². The van der Waals surface area contributed by atoms with Crippen LogP contribution in [-0.4, -0.2) is 53.4 Å². The highest BCUT2D eigenvalue weighted by Crippen LogP contribution is 2.23. The Morgan fingerprint density at radius 1 is 1.21 bits per heavy atom. The molecule has 152 valence electrons. The summed E-state index contributed by atoms with van der Waals surface area (Å²) in [5.74, 6) is 0.650. The molecule has 7 heteroatoms. The van der Waals surface area contributed by atoms with Gasteiger partial charge >= 0.3 is 0 Å². The van der Waals surface area contributed by atoms with Gasteiger partial charge in [0.1, 0.15) is 5.76 Å². The summed E-state index contributed by atoms with van der Waals surface area (Å²) in [6, 6.07) is 13.8. The third-order valence-corrected chi connectivity index (χ3v) is 5.27. The molecular weight excluding hydrogens is 368 g/mol. The Balaban J connectivity index is 1.47. The average molecular weight is 394 g/mol. The second-order valence-electron chi connectivity index (χ2n) is 7.29. The molecular formula is C22H26N4O3. The highest BCUT2D eigenvalue weighted by molar-refractivity contribution is 5.93. The number of morpholine rings is 1. The van der Waals surface area contributed by atoms with E-state index in [2.05, 4.69) is 34.4 Å². The van der Waals surface area contributed by atoms with Crippen LogP contribution < -0.4 is 5.32 Å². The molecule has 7 nitrogen and oxygen atoms in total. The van der Waals surface area contributed by atoms with Crippen molar-refractivity contribution in [2.75, 3.05) is 32.8 Å². The molecule has 1 saturated heterocycles. The zero-order valence-electron chi connectivity index (χ0n) is 16.8. The monoisotopic (exact) mass is 394 g/mol. The molecule has 0 saturated carbocycles. The molecule has 1 aromatic carbocycles. The maximum Gasteiger partial charge on any atom is 0.271 e. The van der Waals surface area contributed by atoms with Crippen LogP contribution in [0.25, 0.3) is 11.3 Å². The van der Waals surface area contributed by atoms with E-state index in [1.54, 1.807) is 10.9 Å². The molecule has 29 heavy (non-hydrogen) atoms. The SMILES string of the molecule is Cc1ccc(-c2cc(C(=O)NCC(c3ccco3)N3CCOCC3)nn2C)cc1. The van der Waals surface area contributed by atoms with Crippen molar-refractivity contribution in [3.63, 3.8) is 0 Å². The number of carbonyl (C=O) groups excluding carboxylic acids is 1. The Labute approximate surface area is 170 Å². The number of aryl methyl sites for hydroxylation is 2. The maximum absolute atomic E-state index is 12.8. The molecule has 1 N–H and O–H groups in total. The minimum Gasteiger partial charge on any atom is -0.468 e. The zero-order valence-corrected chi connectivity index (χ0v) is 16.8. The zero-order chi connectivity index (χ0) is 20.2. The molecule has 1 aliphatic heterocycles. The van der Waals surface area contributed by atoms with Crippen molar-refractivity contribution in [1.29, 1.82) is 0 Å². The van der Waals surface area contributed by atoms with E-state index in [4.69, 9.17) is 9.15 Å². The fourth-order valence-corrected chi connectivity index (χ4v) is 3.63. The molecule has 0 radical (unpaired) electrons. The van der Waals surface area contributed by atoms with E-state index >= 15 is 0 Å². The van der Waals surface area contributed by atoms with Crippen LogP contribution in [0.4, 0.5) is 0 Å². The Morgan fingerprint density at radius 3 is 2.66 bits per heavy atom. The van der Waals surface area contributed by atoms with Gasteiger partial charge in [0.2, 0.25) is 0 Å². The van der Waals surface area contributed by atoms with Gasteiger partial charge in [-0.2, -0.15) is 5.10 Å². The molecule has 1 aliphatic rings. The largest absolute Gasteiger partial charge is 0.468 e. The Bertz CT molecular complexity index is 941. The first kappa shape index (κ1) is 19.4. The third kappa shape index (κ3) is 4.41. The summed E-state index contributed by atoms with van der Waals surface area (Å²) in [4.78, 5) is 15.1. The first-order valence-corrected chi connectivity index (χ1v) is 9.86. The molecule has 3 aromatic rings. The predicted molar refractivity (Wildman–Crippen MR) is 110 cm³/mol. The Morgan fingerprint density at radius 2 is 1.97 bits per heavy atom. The second kappa shape index (κ2) is 8.63. The third-order valence-electron chi connectivity index (χ3n) is 5.27. The van der Waals surface area contributed by atoms with Crippen LogP contribution >= 0.6 is 0 Å². The van der Waals surface area contributed by atoms with Gasteiger partial charge in [0, 0.05) is 26.7 Å². The summed E-state index contributed by atoms with van der Waals surface area (Å²) < 4.78 is 12.8. The van der Waals surface area contributed by atoms with Crippen LogP contribution in [0.3, 0.4) is 0 Å². The van der Waals surface area contributed by atoms with E-state index in [1.807, 2.05) is 37.4 Å². The normalized spacial score (nSPS) is 15.9. The van der Waals surface area contributed by atoms with Gasteiger partial charge in [-0.3, -0.25) is 14.4 Å². The van der Waals surface area contributed by atoms with Crippen LogP contribution in [0.1, 0.15) is 27.9 Å². The van der Waals surface area contributed by atoms with E-state index in [-0.39, 0.29) is 11.9 Å². The highest BCUT2D eigenvalue weighted by atomic mass is 16.5. The van der Waals surface area contributed by atoms with Crippen LogP contribution in [0.15, 0.2) is 53.1 Å². The lowest BCUT2D eigenvalue weighted by Crippen LogP contribution is -2.43. The minimum absolute atomic E-state index is 0.0295. The minimum atomic E-state index is -0.191.